The molecule has 0 aliphatic heterocycles. The van der Waals surface area contributed by atoms with Crippen LogP contribution in [-0.4, -0.2) is 50.5 Å². The van der Waals surface area contributed by atoms with E-state index in [0.29, 0.717) is 23.6 Å². The zero-order chi connectivity index (χ0) is 25.6. The van der Waals surface area contributed by atoms with E-state index in [1.807, 2.05) is 6.92 Å². The van der Waals surface area contributed by atoms with Gasteiger partial charge >= 0.3 is 0 Å². The SMILES string of the molecule is CCCNC(=O)[C@@H](C)N(Cc1ccccc1Cl)C(=O)CN(c1cc(Cl)c(Cl)cc1Cl)S(C)(=O)=O. The maximum absolute atomic E-state index is 13.5. The van der Waals surface area contributed by atoms with E-state index in [2.05, 4.69) is 5.32 Å². The third-order valence-electron chi connectivity index (χ3n) is 4.95. The maximum Gasteiger partial charge on any atom is 0.244 e. The van der Waals surface area contributed by atoms with Crippen molar-refractivity contribution in [2.24, 2.45) is 0 Å². The van der Waals surface area contributed by atoms with E-state index >= 15 is 0 Å². The van der Waals surface area contributed by atoms with Gasteiger partial charge in [0.2, 0.25) is 21.8 Å². The number of nitrogens with zero attached hydrogens (tertiary/aromatic N) is 2. The van der Waals surface area contributed by atoms with Crippen LogP contribution >= 0.6 is 46.4 Å². The number of rotatable bonds is 10. The number of hydrogen-bond donors (Lipinski definition) is 1. The van der Waals surface area contributed by atoms with Crippen LogP contribution in [0.1, 0.15) is 25.8 Å². The van der Waals surface area contributed by atoms with Gasteiger partial charge in [-0.2, -0.15) is 0 Å². The second-order valence-corrected chi connectivity index (χ2v) is 11.1. The van der Waals surface area contributed by atoms with Gasteiger partial charge in [0.15, 0.2) is 0 Å². The molecule has 7 nitrogen and oxygen atoms in total. The van der Waals surface area contributed by atoms with E-state index in [1.165, 1.54) is 17.0 Å². The molecular formula is C22H25Cl4N3O4S. The van der Waals surface area contributed by atoms with Crippen molar-refractivity contribution in [3.05, 3.63) is 62.1 Å². The molecule has 0 aromatic heterocycles. The molecule has 2 rings (SSSR count). The van der Waals surface area contributed by atoms with E-state index in [1.54, 1.807) is 31.2 Å². The highest BCUT2D eigenvalue weighted by molar-refractivity contribution is 7.92. The standard InChI is InChI=1S/C22H25Cl4N3O4S/c1-4-9-27-22(31)14(2)28(12-15-7-5-6-8-16(15)23)21(30)13-29(34(3,32)33)20-11-18(25)17(24)10-19(20)26/h5-8,10-11,14H,4,9,12-13H2,1-3H3,(H,27,31)/t14-/m1/s1. The first-order valence-corrected chi connectivity index (χ1v) is 13.7. The molecule has 1 N–H and O–H groups in total. The summed E-state index contributed by atoms with van der Waals surface area (Å²) in [6.07, 6.45) is 1.66. The largest absolute Gasteiger partial charge is 0.354 e. The smallest absolute Gasteiger partial charge is 0.244 e. The Morgan fingerprint density at radius 1 is 1.00 bits per heavy atom. The zero-order valence-corrected chi connectivity index (χ0v) is 22.7. The van der Waals surface area contributed by atoms with Gasteiger partial charge in [0.1, 0.15) is 12.6 Å². The molecule has 0 radical (unpaired) electrons. The van der Waals surface area contributed by atoms with Crippen molar-refractivity contribution in [1.29, 1.82) is 0 Å². The number of amides is 2. The quantitative estimate of drug-likeness (QED) is 0.408. The monoisotopic (exact) mass is 567 g/mol. The van der Waals surface area contributed by atoms with Crippen LogP contribution in [0.2, 0.25) is 20.1 Å². The van der Waals surface area contributed by atoms with Crippen molar-refractivity contribution in [1.82, 2.24) is 10.2 Å². The lowest BCUT2D eigenvalue weighted by Crippen LogP contribution is -2.51. The van der Waals surface area contributed by atoms with Gasteiger partial charge in [0.25, 0.3) is 0 Å². The Morgan fingerprint density at radius 2 is 1.62 bits per heavy atom. The number of halogens is 4. The number of carbonyl (C=O) groups is 2. The fourth-order valence-corrected chi connectivity index (χ4v) is 4.83. The van der Waals surface area contributed by atoms with E-state index in [0.717, 1.165) is 10.6 Å². The summed E-state index contributed by atoms with van der Waals surface area (Å²) in [5.41, 5.74) is 0.596. The Bertz CT molecular complexity index is 1160. The third-order valence-corrected chi connectivity index (χ3v) is 7.47. The molecule has 0 spiro atoms. The van der Waals surface area contributed by atoms with Crippen molar-refractivity contribution < 1.29 is 18.0 Å². The number of carbonyl (C=O) groups excluding carboxylic acids is 2. The number of benzene rings is 2. The van der Waals surface area contributed by atoms with E-state index in [-0.39, 0.29) is 33.2 Å². The summed E-state index contributed by atoms with van der Waals surface area (Å²) in [7, 11) is -3.97. The van der Waals surface area contributed by atoms with Crippen LogP contribution < -0.4 is 9.62 Å². The molecule has 0 heterocycles. The van der Waals surface area contributed by atoms with Crippen LogP contribution in [0.3, 0.4) is 0 Å². The summed E-state index contributed by atoms with van der Waals surface area (Å²) in [5, 5.41) is 3.37. The third kappa shape index (κ3) is 7.39. The van der Waals surface area contributed by atoms with Crippen LogP contribution in [0.5, 0.6) is 0 Å². The minimum Gasteiger partial charge on any atom is -0.354 e. The number of nitrogens with one attached hydrogen (secondary N) is 1. The van der Waals surface area contributed by atoms with Gasteiger partial charge in [-0.1, -0.05) is 71.5 Å². The van der Waals surface area contributed by atoms with Gasteiger partial charge in [-0.25, -0.2) is 8.42 Å². The summed E-state index contributed by atoms with van der Waals surface area (Å²) < 4.78 is 26.1. The minimum absolute atomic E-state index is 0.000911. The van der Waals surface area contributed by atoms with E-state index < -0.39 is 28.5 Å². The maximum atomic E-state index is 13.5. The molecule has 2 amide bonds. The Hall–Kier alpha value is -1.71. The second-order valence-electron chi connectivity index (χ2n) is 7.57. The average molecular weight is 569 g/mol. The molecular weight excluding hydrogens is 544 g/mol. The fourth-order valence-electron chi connectivity index (χ4n) is 3.09. The van der Waals surface area contributed by atoms with E-state index in [9.17, 15) is 18.0 Å². The van der Waals surface area contributed by atoms with Gasteiger partial charge in [-0.3, -0.25) is 13.9 Å². The summed E-state index contributed by atoms with van der Waals surface area (Å²) in [6, 6.07) is 8.56. The van der Waals surface area contributed by atoms with Crippen molar-refractivity contribution >= 4 is 73.9 Å². The van der Waals surface area contributed by atoms with Crippen molar-refractivity contribution in [2.75, 3.05) is 23.7 Å². The fraction of sp³-hybridized carbons (Fsp3) is 0.364. The van der Waals surface area contributed by atoms with Crippen LogP contribution in [0.25, 0.3) is 0 Å². The lowest BCUT2D eigenvalue weighted by Gasteiger charge is -2.32. The van der Waals surface area contributed by atoms with Crippen molar-refractivity contribution in [3.63, 3.8) is 0 Å². The molecule has 0 unspecified atom stereocenters. The number of anilines is 1. The molecule has 0 bridgehead atoms. The summed E-state index contributed by atoms with van der Waals surface area (Å²) in [4.78, 5) is 27.4. The molecule has 0 fully saturated rings. The molecule has 34 heavy (non-hydrogen) atoms. The van der Waals surface area contributed by atoms with Crippen LogP contribution in [0.4, 0.5) is 5.69 Å². The Kier molecular flexibility index (Phi) is 10.3. The highest BCUT2D eigenvalue weighted by Crippen LogP contribution is 2.35. The number of sulfonamides is 1. The first-order valence-electron chi connectivity index (χ1n) is 10.3. The van der Waals surface area contributed by atoms with Gasteiger partial charge in [0.05, 0.1) is 27.0 Å². The highest BCUT2D eigenvalue weighted by atomic mass is 35.5. The van der Waals surface area contributed by atoms with Crippen LogP contribution in [-0.2, 0) is 26.2 Å². The van der Waals surface area contributed by atoms with E-state index in [4.69, 9.17) is 46.4 Å². The molecule has 0 saturated carbocycles. The topological polar surface area (TPSA) is 86.8 Å². The summed E-state index contributed by atoms with van der Waals surface area (Å²) in [5.74, 6) is -1.01. The van der Waals surface area contributed by atoms with Gasteiger partial charge < -0.3 is 10.2 Å². The predicted octanol–water partition coefficient (Wildman–Crippen LogP) is 5.01. The van der Waals surface area contributed by atoms with Crippen molar-refractivity contribution in [2.45, 2.75) is 32.9 Å². The Labute approximate surface area is 220 Å². The van der Waals surface area contributed by atoms with Gasteiger partial charge in [-0.05, 0) is 37.1 Å². The molecule has 186 valence electrons. The zero-order valence-electron chi connectivity index (χ0n) is 18.8. The second kappa shape index (κ2) is 12.3. The predicted molar refractivity (Wildman–Crippen MR) is 138 cm³/mol. The average Bonchev–Trinajstić information content (AvgIpc) is 2.76. The number of hydrogen-bond acceptors (Lipinski definition) is 4. The molecule has 2 aromatic rings. The molecule has 0 saturated heterocycles. The first kappa shape index (κ1) is 28.5. The summed E-state index contributed by atoms with van der Waals surface area (Å²) in [6.45, 7) is 3.28. The lowest BCUT2D eigenvalue weighted by atomic mass is 10.1. The molecule has 12 heteroatoms. The Balaban J connectivity index is 2.46. The van der Waals surface area contributed by atoms with Crippen molar-refractivity contribution in [3.8, 4) is 0 Å². The normalized spacial score (nSPS) is 12.2. The Morgan fingerprint density at radius 3 is 2.21 bits per heavy atom. The molecule has 0 aliphatic carbocycles. The minimum atomic E-state index is -3.97. The van der Waals surface area contributed by atoms with Gasteiger partial charge in [0, 0.05) is 18.1 Å². The molecule has 2 aromatic carbocycles. The van der Waals surface area contributed by atoms with Crippen LogP contribution in [0.15, 0.2) is 36.4 Å². The first-order chi connectivity index (χ1) is 15.9. The molecule has 0 aliphatic rings. The summed E-state index contributed by atoms with van der Waals surface area (Å²) >= 11 is 24.5. The lowest BCUT2D eigenvalue weighted by molar-refractivity contribution is -0.139. The van der Waals surface area contributed by atoms with Crippen LogP contribution in [0, 0.1) is 0 Å². The van der Waals surface area contributed by atoms with Gasteiger partial charge in [-0.15, -0.1) is 0 Å². The highest BCUT2D eigenvalue weighted by Gasteiger charge is 2.31. The molecule has 1 atom stereocenters.